The van der Waals surface area contributed by atoms with Crippen molar-refractivity contribution in [3.63, 3.8) is 0 Å². The summed E-state index contributed by atoms with van der Waals surface area (Å²) in [6, 6.07) is 9.68. The maximum absolute atomic E-state index is 12.4. The molecule has 0 unspecified atom stereocenters. The highest BCUT2D eigenvalue weighted by Gasteiger charge is 2.54. The van der Waals surface area contributed by atoms with Crippen molar-refractivity contribution in [3.8, 4) is 0 Å². The molecule has 6 heteroatoms. The second kappa shape index (κ2) is 7.03. The van der Waals surface area contributed by atoms with Gasteiger partial charge in [0.15, 0.2) is 18.7 Å². The molecule has 2 saturated heterocycles. The molecule has 0 N–H and O–H groups in total. The summed E-state index contributed by atoms with van der Waals surface area (Å²) in [4.78, 5) is 12.4. The highest BCUT2D eigenvalue weighted by atomic mass is 16.8. The Morgan fingerprint density at radius 2 is 1.68 bits per heavy atom. The highest BCUT2D eigenvalue weighted by molar-refractivity contribution is 5.75. The smallest absolute Gasteiger partial charge is 0.311 e. The summed E-state index contributed by atoms with van der Waals surface area (Å²) in [5.41, 5.74) is 0.286. The van der Waals surface area contributed by atoms with Crippen LogP contribution < -0.4 is 0 Å². The van der Waals surface area contributed by atoms with E-state index >= 15 is 0 Å². The summed E-state index contributed by atoms with van der Waals surface area (Å²) in [5, 5.41) is 0. The summed E-state index contributed by atoms with van der Waals surface area (Å²) >= 11 is 0. The number of carbonyl (C=O) groups is 1. The van der Waals surface area contributed by atoms with Crippen molar-refractivity contribution in [1.29, 1.82) is 0 Å². The third-order valence-corrected chi connectivity index (χ3v) is 4.45. The van der Waals surface area contributed by atoms with Gasteiger partial charge in [0.2, 0.25) is 0 Å². The van der Waals surface area contributed by atoms with Gasteiger partial charge < -0.3 is 23.7 Å². The molecule has 2 fully saturated rings. The van der Waals surface area contributed by atoms with Gasteiger partial charge in [-0.05, 0) is 27.7 Å². The molecular formula is C19H26O6. The highest BCUT2D eigenvalue weighted by Crippen LogP contribution is 2.40. The van der Waals surface area contributed by atoms with Gasteiger partial charge in [0.05, 0.1) is 11.5 Å². The summed E-state index contributed by atoms with van der Waals surface area (Å²) < 4.78 is 29.1. The van der Waals surface area contributed by atoms with Crippen LogP contribution in [0.15, 0.2) is 30.3 Å². The van der Waals surface area contributed by atoms with Gasteiger partial charge in [0, 0.05) is 12.7 Å². The van der Waals surface area contributed by atoms with E-state index < -0.39 is 30.2 Å². The Hall–Kier alpha value is -1.47. The third-order valence-electron chi connectivity index (χ3n) is 4.45. The summed E-state index contributed by atoms with van der Waals surface area (Å²) in [6.07, 6.45) is -2.94. The average molecular weight is 350 g/mol. The molecule has 2 heterocycles. The van der Waals surface area contributed by atoms with Gasteiger partial charge >= 0.3 is 5.97 Å². The topological polar surface area (TPSA) is 63.2 Å². The first-order chi connectivity index (χ1) is 11.8. The Bertz CT molecular complexity index is 596. The van der Waals surface area contributed by atoms with E-state index in [0.717, 1.165) is 5.56 Å². The van der Waals surface area contributed by atoms with Gasteiger partial charge in [0.25, 0.3) is 0 Å². The van der Waals surface area contributed by atoms with E-state index in [-0.39, 0.29) is 18.2 Å². The molecule has 2 aliphatic heterocycles. The van der Waals surface area contributed by atoms with E-state index in [4.69, 9.17) is 23.7 Å². The van der Waals surface area contributed by atoms with Crippen LogP contribution in [0.3, 0.4) is 0 Å². The maximum Gasteiger partial charge on any atom is 0.311 e. The first-order valence-corrected chi connectivity index (χ1v) is 8.56. The number of hydrogen-bond donors (Lipinski definition) is 0. The average Bonchev–Trinajstić information content (AvgIpc) is 3.03. The molecule has 0 aromatic heterocycles. The Balaban J connectivity index is 1.82. The minimum atomic E-state index is -0.694. The fourth-order valence-corrected chi connectivity index (χ4v) is 3.02. The van der Waals surface area contributed by atoms with E-state index in [2.05, 4.69) is 0 Å². The Morgan fingerprint density at radius 1 is 1.04 bits per heavy atom. The number of rotatable bonds is 3. The minimum Gasteiger partial charge on any atom is -0.454 e. The molecule has 0 spiro atoms. The number of fused-ring (bicyclic) bond motifs is 1. The Morgan fingerprint density at radius 3 is 2.28 bits per heavy atom. The summed E-state index contributed by atoms with van der Waals surface area (Å²) in [7, 11) is 1.53. The predicted molar refractivity (Wildman–Crippen MR) is 89.6 cm³/mol. The van der Waals surface area contributed by atoms with E-state index in [1.165, 1.54) is 7.11 Å². The number of carbonyl (C=O) groups excluding carboxylic acids is 1. The van der Waals surface area contributed by atoms with Crippen LogP contribution in [0.5, 0.6) is 0 Å². The number of hydrogen-bond acceptors (Lipinski definition) is 6. The van der Waals surface area contributed by atoms with E-state index in [1.807, 2.05) is 37.3 Å². The molecule has 0 saturated carbocycles. The van der Waals surface area contributed by atoms with Crippen molar-refractivity contribution < 1.29 is 28.5 Å². The van der Waals surface area contributed by atoms with Crippen LogP contribution in [0.4, 0.5) is 0 Å². The first kappa shape index (κ1) is 18.3. The van der Waals surface area contributed by atoms with E-state index in [1.54, 1.807) is 20.8 Å². The lowest BCUT2D eigenvalue weighted by Gasteiger charge is -2.40. The molecule has 1 aromatic carbocycles. The summed E-state index contributed by atoms with van der Waals surface area (Å²) in [6.45, 7) is 7.32. The fourth-order valence-electron chi connectivity index (χ4n) is 3.02. The van der Waals surface area contributed by atoms with Gasteiger partial charge in [-0.3, -0.25) is 4.79 Å². The van der Waals surface area contributed by atoms with Gasteiger partial charge in [-0.2, -0.15) is 0 Å². The van der Waals surface area contributed by atoms with Crippen LogP contribution in [-0.2, 0) is 28.5 Å². The van der Waals surface area contributed by atoms with Crippen molar-refractivity contribution in [2.45, 2.75) is 64.7 Å². The maximum atomic E-state index is 12.4. The van der Waals surface area contributed by atoms with Gasteiger partial charge in [-0.15, -0.1) is 0 Å². The lowest BCUT2D eigenvalue weighted by Crippen LogP contribution is -2.57. The largest absolute Gasteiger partial charge is 0.454 e. The SMILES string of the molecule is CO[C@@H]1O[C@@H](C)[C@H]2O[C@H](c3ccccc3)O[C@H]2[C@@H]1OC(=O)C(C)(C)C. The number of benzene rings is 1. The molecule has 0 bridgehead atoms. The molecule has 3 rings (SSSR count). The standard InChI is InChI=1S/C19H26O6/c1-11-13-14(24-16(23-13)12-9-7-6-8-10-12)15(17(21-5)22-11)25-18(20)19(2,3)4/h6-11,13-17H,1-5H3/t11-,13+,14+,15-,16-,17+/m0/s1. The quantitative estimate of drug-likeness (QED) is 0.781. The van der Waals surface area contributed by atoms with Crippen molar-refractivity contribution >= 4 is 5.97 Å². The number of esters is 1. The molecule has 1 aromatic rings. The molecular weight excluding hydrogens is 324 g/mol. The minimum absolute atomic E-state index is 0.242. The Kier molecular flexibility index (Phi) is 5.16. The van der Waals surface area contributed by atoms with E-state index in [9.17, 15) is 4.79 Å². The van der Waals surface area contributed by atoms with Gasteiger partial charge in [0.1, 0.15) is 12.2 Å². The molecule has 0 radical (unpaired) electrons. The van der Waals surface area contributed by atoms with E-state index in [0.29, 0.717) is 0 Å². The first-order valence-electron chi connectivity index (χ1n) is 8.56. The van der Waals surface area contributed by atoms with Crippen LogP contribution in [0.2, 0.25) is 0 Å². The molecule has 138 valence electrons. The van der Waals surface area contributed by atoms with Crippen LogP contribution in [-0.4, -0.2) is 43.8 Å². The molecule has 2 aliphatic rings. The van der Waals surface area contributed by atoms with Crippen LogP contribution in [0.25, 0.3) is 0 Å². The normalized spacial score (nSPS) is 35.2. The van der Waals surface area contributed by atoms with Crippen molar-refractivity contribution in [3.05, 3.63) is 35.9 Å². The second-order valence-corrected chi connectivity index (χ2v) is 7.51. The van der Waals surface area contributed by atoms with Crippen molar-refractivity contribution in [2.75, 3.05) is 7.11 Å². The molecule has 0 aliphatic carbocycles. The summed E-state index contributed by atoms with van der Waals surface area (Å²) in [5.74, 6) is -0.330. The van der Waals surface area contributed by atoms with Crippen LogP contribution in [0.1, 0.15) is 39.5 Å². The second-order valence-electron chi connectivity index (χ2n) is 7.51. The lowest BCUT2D eigenvalue weighted by atomic mass is 9.96. The third kappa shape index (κ3) is 3.72. The monoisotopic (exact) mass is 350 g/mol. The van der Waals surface area contributed by atoms with Gasteiger partial charge in [-0.1, -0.05) is 30.3 Å². The molecule has 0 amide bonds. The molecule has 6 nitrogen and oxygen atoms in total. The zero-order chi connectivity index (χ0) is 18.2. The predicted octanol–water partition coefficient (Wildman–Crippen LogP) is 2.82. The van der Waals surface area contributed by atoms with Crippen molar-refractivity contribution in [2.24, 2.45) is 5.41 Å². The number of ether oxygens (including phenoxy) is 5. The number of methoxy groups -OCH3 is 1. The fraction of sp³-hybridized carbons (Fsp3) is 0.632. The van der Waals surface area contributed by atoms with Crippen molar-refractivity contribution in [1.82, 2.24) is 0 Å². The van der Waals surface area contributed by atoms with Gasteiger partial charge in [-0.25, -0.2) is 0 Å². The Labute approximate surface area is 148 Å². The van der Waals surface area contributed by atoms with Crippen LogP contribution >= 0.6 is 0 Å². The molecule has 6 atom stereocenters. The zero-order valence-electron chi connectivity index (χ0n) is 15.3. The van der Waals surface area contributed by atoms with Crippen LogP contribution in [0, 0.1) is 5.41 Å². The lowest BCUT2D eigenvalue weighted by molar-refractivity contribution is -0.273. The zero-order valence-corrected chi connectivity index (χ0v) is 15.3. The molecule has 25 heavy (non-hydrogen) atoms.